The second-order valence-electron chi connectivity index (χ2n) is 5.69. The Balaban J connectivity index is 2.00. The van der Waals surface area contributed by atoms with Crippen molar-refractivity contribution >= 4 is 40.7 Å². The van der Waals surface area contributed by atoms with Gasteiger partial charge in [0.15, 0.2) is 0 Å². The van der Waals surface area contributed by atoms with E-state index in [0.29, 0.717) is 28.4 Å². The molecule has 7 heteroatoms. The van der Waals surface area contributed by atoms with Gasteiger partial charge in [0.1, 0.15) is 0 Å². The van der Waals surface area contributed by atoms with Crippen molar-refractivity contribution in [2.75, 3.05) is 32.5 Å². The summed E-state index contributed by atoms with van der Waals surface area (Å²) in [5.74, 6) is -0.504. The maximum atomic E-state index is 12.3. The number of hydrogen-bond acceptors (Lipinski definition) is 3. The molecule has 2 amide bonds. The van der Waals surface area contributed by atoms with Crippen LogP contribution in [0.3, 0.4) is 0 Å². The minimum atomic E-state index is -0.330. The maximum absolute atomic E-state index is 12.3. The number of nitrogens with one attached hydrogen (secondary N) is 2. The summed E-state index contributed by atoms with van der Waals surface area (Å²) in [5, 5.41) is 6.17. The fourth-order valence-electron chi connectivity index (χ4n) is 2.06. The highest BCUT2D eigenvalue weighted by Gasteiger charge is 2.11. The number of nitrogens with zero attached hydrogens (tertiary/aromatic N) is 1. The molecule has 0 fully saturated rings. The van der Waals surface area contributed by atoms with Crippen molar-refractivity contribution in [2.45, 2.75) is 0 Å². The van der Waals surface area contributed by atoms with Crippen LogP contribution in [0, 0.1) is 0 Å². The Hall–Kier alpha value is -2.08. The molecule has 2 aromatic rings. The first-order valence-corrected chi connectivity index (χ1v) is 8.42. The predicted octanol–water partition coefficient (Wildman–Crippen LogP) is 3.54. The van der Waals surface area contributed by atoms with Gasteiger partial charge in [-0.1, -0.05) is 29.3 Å². The largest absolute Gasteiger partial charge is 0.351 e. The summed E-state index contributed by atoms with van der Waals surface area (Å²) in [6.45, 7) is 1.31. The summed E-state index contributed by atoms with van der Waals surface area (Å²) in [7, 11) is 3.87. The Labute approximate surface area is 156 Å². The third-order valence-corrected chi connectivity index (χ3v) is 4.27. The van der Waals surface area contributed by atoms with Crippen LogP contribution < -0.4 is 10.6 Å². The molecule has 0 unspecified atom stereocenters. The van der Waals surface area contributed by atoms with Crippen LogP contribution in [-0.2, 0) is 0 Å². The molecule has 5 nitrogen and oxygen atoms in total. The maximum Gasteiger partial charge on any atom is 0.255 e. The number of benzene rings is 2. The molecule has 0 saturated heterocycles. The van der Waals surface area contributed by atoms with E-state index < -0.39 is 0 Å². The van der Waals surface area contributed by atoms with E-state index in [2.05, 4.69) is 10.6 Å². The number of rotatable bonds is 6. The van der Waals surface area contributed by atoms with Crippen molar-refractivity contribution in [3.8, 4) is 0 Å². The number of anilines is 1. The van der Waals surface area contributed by atoms with Gasteiger partial charge in [-0.15, -0.1) is 0 Å². The fourth-order valence-corrected chi connectivity index (χ4v) is 2.41. The second-order valence-corrected chi connectivity index (χ2v) is 6.48. The molecule has 0 radical (unpaired) electrons. The number of carbonyl (C=O) groups is 2. The first-order chi connectivity index (χ1) is 11.9. The highest BCUT2D eigenvalue weighted by atomic mass is 35.5. The SMILES string of the molecule is CN(C)CCNC(=O)c1ccc(C(=O)Nc2cccc(Cl)c2Cl)cc1. The van der Waals surface area contributed by atoms with Gasteiger partial charge in [-0.25, -0.2) is 0 Å². The van der Waals surface area contributed by atoms with Crippen LogP contribution in [0.15, 0.2) is 42.5 Å². The molecule has 0 heterocycles. The summed E-state index contributed by atoms with van der Waals surface area (Å²) in [6, 6.07) is 11.4. The standard InChI is InChI=1S/C18H19Cl2N3O2/c1-23(2)11-10-21-17(24)12-6-8-13(9-7-12)18(25)22-15-5-3-4-14(19)16(15)20/h3-9H,10-11H2,1-2H3,(H,21,24)(H,22,25). The lowest BCUT2D eigenvalue weighted by Gasteiger charge is -2.11. The lowest BCUT2D eigenvalue weighted by molar-refractivity contribution is 0.0949. The minimum Gasteiger partial charge on any atom is -0.351 e. The van der Waals surface area contributed by atoms with Gasteiger partial charge >= 0.3 is 0 Å². The first-order valence-electron chi connectivity index (χ1n) is 7.67. The van der Waals surface area contributed by atoms with Crippen LogP contribution in [-0.4, -0.2) is 43.9 Å². The quantitative estimate of drug-likeness (QED) is 0.806. The fraction of sp³-hybridized carbons (Fsp3) is 0.222. The van der Waals surface area contributed by atoms with E-state index in [1.165, 1.54) is 0 Å². The van der Waals surface area contributed by atoms with E-state index in [0.717, 1.165) is 6.54 Å². The monoisotopic (exact) mass is 379 g/mol. The van der Waals surface area contributed by atoms with Crippen molar-refractivity contribution < 1.29 is 9.59 Å². The van der Waals surface area contributed by atoms with E-state index in [4.69, 9.17) is 23.2 Å². The molecular formula is C18H19Cl2N3O2. The number of hydrogen-bond donors (Lipinski definition) is 2. The zero-order valence-corrected chi connectivity index (χ0v) is 15.5. The Bertz CT molecular complexity index is 761. The zero-order chi connectivity index (χ0) is 18.4. The van der Waals surface area contributed by atoms with Gasteiger partial charge < -0.3 is 15.5 Å². The van der Waals surface area contributed by atoms with Crippen molar-refractivity contribution in [3.05, 3.63) is 63.6 Å². The average molecular weight is 380 g/mol. The molecule has 0 aliphatic rings. The topological polar surface area (TPSA) is 61.4 Å². The van der Waals surface area contributed by atoms with Gasteiger partial charge in [0, 0.05) is 24.2 Å². The van der Waals surface area contributed by atoms with Crippen LogP contribution >= 0.6 is 23.2 Å². The van der Waals surface area contributed by atoms with Crippen LogP contribution in [0.2, 0.25) is 10.0 Å². The number of amides is 2. The summed E-state index contributed by atoms with van der Waals surface area (Å²) < 4.78 is 0. The van der Waals surface area contributed by atoms with E-state index in [-0.39, 0.29) is 16.8 Å². The Morgan fingerprint density at radius 2 is 1.56 bits per heavy atom. The molecular weight excluding hydrogens is 361 g/mol. The van der Waals surface area contributed by atoms with Crippen molar-refractivity contribution in [3.63, 3.8) is 0 Å². The normalized spacial score (nSPS) is 10.6. The molecule has 0 atom stereocenters. The van der Waals surface area contributed by atoms with Crippen molar-refractivity contribution in [1.29, 1.82) is 0 Å². The van der Waals surface area contributed by atoms with Crippen LogP contribution in [0.1, 0.15) is 20.7 Å². The Kier molecular flexibility index (Phi) is 6.82. The molecule has 0 aromatic heterocycles. The van der Waals surface area contributed by atoms with Crippen molar-refractivity contribution in [2.24, 2.45) is 0 Å². The molecule has 0 aliphatic carbocycles. The van der Waals surface area contributed by atoms with E-state index in [9.17, 15) is 9.59 Å². The molecule has 2 rings (SSSR count). The molecule has 25 heavy (non-hydrogen) atoms. The van der Waals surface area contributed by atoms with E-state index in [1.807, 2.05) is 19.0 Å². The molecule has 0 aliphatic heterocycles. The summed E-state index contributed by atoms with van der Waals surface area (Å²) in [6.07, 6.45) is 0. The summed E-state index contributed by atoms with van der Waals surface area (Å²) in [5.41, 5.74) is 1.35. The number of halogens is 2. The molecule has 132 valence electrons. The van der Waals surface area contributed by atoms with Crippen LogP contribution in [0.5, 0.6) is 0 Å². The summed E-state index contributed by atoms with van der Waals surface area (Å²) in [4.78, 5) is 26.3. The van der Waals surface area contributed by atoms with Gasteiger partial charge in [0.2, 0.25) is 0 Å². The van der Waals surface area contributed by atoms with Gasteiger partial charge in [0.25, 0.3) is 11.8 Å². The first kappa shape index (κ1) is 19.2. The summed E-state index contributed by atoms with van der Waals surface area (Å²) >= 11 is 12.0. The number of carbonyl (C=O) groups excluding carboxylic acids is 2. The third kappa shape index (κ3) is 5.46. The highest BCUT2D eigenvalue weighted by Crippen LogP contribution is 2.29. The lowest BCUT2D eigenvalue weighted by Crippen LogP contribution is -2.31. The zero-order valence-electron chi connectivity index (χ0n) is 14.0. The van der Waals surface area contributed by atoms with E-state index in [1.54, 1.807) is 42.5 Å². The van der Waals surface area contributed by atoms with E-state index >= 15 is 0 Å². The number of likely N-dealkylation sites (N-methyl/N-ethyl adjacent to an activating group) is 1. The average Bonchev–Trinajstić information content (AvgIpc) is 2.58. The van der Waals surface area contributed by atoms with Crippen LogP contribution in [0.25, 0.3) is 0 Å². The Morgan fingerprint density at radius 1 is 0.960 bits per heavy atom. The molecule has 0 spiro atoms. The molecule has 2 N–H and O–H groups in total. The van der Waals surface area contributed by atoms with Crippen molar-refractivity contribution in [1.82, 2.24) is 10.2 Å². The van der Waals surface area contributed by atoms with Gasteiger partial charge in [-0.2, -0.15) is 0 Å². The smallest absolute Gasteiger partial charge is 0.255 e. The van der Waals surface area contributed by atoms with Gasteiger partial charge in [-0.3, -0.25) is 9.59 Å². The third-order valence-electron chi connectivity index (χ3n) is 3.45. The predicted molar refractivity (Wildman–Crippen MR) is 102 cm³/mol. The van der Waals surface area contributed by atoms with Gasteiger partial charge in [-0.05, 0) is 50.5 Å². The highest BCUT2D eigenvalue weighted by molar-refractivity contribution is 6.44. The van der Waals surface area contributed by atoms with Crippen LogP contribution in [0.4, 0.5) is 5.69 Å². The van der Waals surface area contributed by atoms with Gasteiger partial charge in [0.05, 0.1) is 15.7 Å². The molecule has 2 aromatic carbocycles. The minimum absolute atomic E-state index is 0.174. The second kappa shape index (κ2) is 8.85. The molecule has 0 saturated carbocycles. The lowest BCUT2D eigenvalue weighted by atomic mass is 10.1. The molecule has 0 bridgehead atoms. The Morgan fingerprint density at radius 3 is 2.16 bits per heavy atom.